The van der Waals surface area contributed by atoms with Gasteiger partial charge in [0, 0.05) is 35.4 Å². The molecule has 8 nitrogen and oxygen atoms in total. The van der Waals surface area contributed by atoms with Gasteiger partial charge in [-0.05, 0) is 19.1 Å². The quantitative estimate of drug-likeness (QED) is 0.297. The summed E-state index contributed by atoms with van der Waals surface area (Å²) in [5.74, 6) is -0.0710. The lowest BCUT2D eigenvalue weighted by Gasteiger charge is -2.01. The third kappa shape index (κ3) is 4.70. The molecular weight excluding hydrogens is 435 g/mol. The van der Waals surface area contributed by atoms with Crippen molar-refractivity contribution in [2.45, 2.75) is 19.8 Å². The zero-order valence-corrected chi connectivity index (χ0v) is 17.7. The lowest BCUT2D eigenvalue weighted by Crippen LogP contribution is -2.12. The van der Waals surface area contributed by atoms with Gasteiger partial charge in [0.2, 0.25) is 5.91 Å². The van der Waals surface area contributed by atoms with Gasteiger partial charge in [0.05, 0.1) is 22.4 Å². The van der Waals surface area contributed by atoms with Gasteiger partial charge in [-0.15, -0.1) is 11.3 Å². The molecule has 1 amide bonds. The van der Waals surface area contributed by atoms with Gasteiger partial charge in [-0.1, -0.05) is 24.3 Å². The molecule has 0 radical (unpaired) electrons. The number of nitrogens with zero attached hydrogens (tertiary/aromatic N) is 3. The number of aromatic nitrogens is 2. The average Bonchev–Trinajstić information content (AvgIpc) is 3.42. The number of rotatable bonds is 7. The minimum absolute atomic E-state index is 0.0155. The molecular formula is C22H17FN4O4S. The highest BCUT2D eigenvalue weighted by Crippen LogP contribution is 2.29. The SMILES string of the molecule is Cc1ccc(-c2csc(NC(=O)CCc3ncc(-c4ccccc4F)o3)n2)cc1[N+](=O)[O-]. The maximum absolute atomic E-state index is 13.9. The Balaban J connectivity index is 1.37. The van der Waals surface area contributed by atoms with Crippen LogP contribution in [0, 0.1) is 22.9 Å². The van der Waals surface area contributed by atoms with Crippen LogP contribution in [0.3, 0.4) is 0 Å². The van der Waals surface area contributed by atoms with Gasteiger partial charge in [-0.2, -0.15) is 0 Å². The van der Waals surface area contributed by atoms with E-state index in [0.29, 0.717) is 39.2 Å². The zero-order valence-electron chi connectivity index (χ0n) is 16.9. The van der Waals surface area contributed by atoms with Crippen molar-refractivity contribution in [3.05, 3.63) is 81.4 Å². The summed E-state index contributed by atoms with van der Waals surface area (Å²) in [6, 6.07) is 11.1. The highest BCUT2D eigenvalue weighted by molar-refractivity contribution is 7.14. The molecule has 2 aromatic carbocycles. The molecule has 0 fully saturated rings. The van der Waals surface area contributed by atoms with Crippen molar-refractivity contribution in [3.63, 3.8) is 0 Å². The van der Waals surface area contributed by atoms with Crippen LogP contribution in [-0.2, 0) is 11.2 Å². The first-order chi connectivity index (χ1) is 15.4. The molecule has 0 aliphatic rings. The molecule has 162 valence electrons. The van der Waals surface area contributed by atoms with Crippen LogP contribution in [0.4, 0.5) is 15.2 Å². The van der Waals surface area contributed by atoms with Crippen LogP contribution in [0.15, 0.2) is 58.5 Å². The van der Waals surface area contributed by atoms with Crippen molar-refractivity contribution >= 4 is 28.1 Å². The minimum atomic E-state index is -0.436. The topological polar surface area (TPSA) is 111 Å². The molecule has 0 aliphatic heterocycles. The summed E-state index contributed by atoms with van der Waals surface area (Å²) < 4.78 is 19.4. The van der Waals surface area contributed by atoms with E-state index in [-0.39, 0.29) is 24.4 Å². The normalized spacial score (nSPS) is 10.8. The summed E-state index contributed by atoms with van der Waals surface area (Å²) in [4.78, 5) is 31.4. The Labute approximate surface area is 185 Å². The zero-order chi connectivity index (χ0) is 22.7. The molecule has 0 atom stereocenters. The predicted molar refractivity (Wildman–Crippen MR) is 118 cm³/mol. The van der Waals surface area contributed by atoms with Crippen molar-refractivity contribution in [1.29, 1.82) is 0 Å². The monoisotopic (exact) mass is 452 g/mol. The number of amides is 1. The number of carbonyl (C=O) groups excluding carboxylic acids is 1. The van der Waals surface area contributed by atoms with E-state index in [1.54, 1.807) is 42.6 Å². The van der Waals surface area contributed by atoms with Crippen LogP contribution in [0.1, 0.15) is 17.9 Å². The smallest absolute Gasteiger partial charge is 0.272 e. The molecule has 0 bridgehead atoms. The summed E-state index contributed by atoms with van der Waals surface area (Å²) in [6.45, 7) is 1.67. The van der Waals surface area contributed by atoms with Gasteiger partial charge in [0.25, 0.3) is 5.69 Å². The lowest BCUT2D eigenvalue weighted by molar-refractivity contribution is -0.385. The fourth-order valence-electron chi connectivity index (χ4n) is 3.04. The van der Waals surface area contributed by atoms with E-state index in [2.05, 4.69) is 15.3 Å². The first-order valence-corrected chi connectivity index (χ1v) is 10.5. The number of hydrogen-bond donors (Lipinski definition) is 1. The van der Waals surface area contributed by atoms with Gasteiger partial charge in [-0.25, -0.2) is 14.4 Å². The summed E-state index contributed by atoms with van der Waals surface area (Å²) >= 11 is 1.22. The Morgan fingerprint density at radius 3 is 2.88 bits per heavy atom. The molecule has 0 spiro atoms. The van der Waals surface area contributed by atoms with Crippen molar-refractivity contribution in [3.8, 4) is 22.6 Å². The molecule has 0 saturated carbocycles. The number of thiazole rings is 1. The number of oxazole rings is 1. The number of nitro groups is 1. The van der Waals surface area contributed by atoms with Crippen LogP contribution in [0.2, 0.25) is 0 Å². The lowest BCUT2D eigenvalue weighted by atomic mass is 10.1. The Morgan fingerprint density at radius 1 is 1.28 bits per heavy atom. The summed E-state index contributed by atoms with van der Waals surface area (Å²) in [6.07, 6.45) is 1.77. The number of hydrogen-bond acceptors (Lipinski definition) is 7. The van der Waals surface area contributed by atoms with Crippen LogP contribution in [0.5, 0.6) is 0 Å². The Kier molecular flexibility index (Phi) is 6.04. The number of aryl methyl sites for hydroxylation is 2. The number of carbonyl (C=O) groups is 1. The van der Waals surface area contributed by atoms with Gasteiger partial charge in [0.1, 0.15) is 5.82 Å². The third-order valence-electron chi connectivity index (χ3n) is 4.71. The maximum atomic E-state index is 13.9. The van der Waals surface area contributed by atoms with Crippen LogP contribution < -0.4 is 5.32 Å². The first-order valence-electron chi connectivity index (χ1n) is 9.61. The summed E-state index contributed by atoms with van der Waals surface area (Å²) in [5.41, 5.74) is 2.02. The molecule has 10 heteroatoms. The van der Waals surface area contributed by atoms with E-state index in [4.69, 9.17) is 4.42 Å². The van der Waals surface area contributed by atoms with Crippen molar-refractivity contribution in [1.82, 2.24) is 9.97 Å². The van der Waals surface area contributed by atoms with E-state index in [0.717, 1.165) is 0 Å². The summed E-state index contributed by atoms with van der Waals surface area (Å²) in [5, 5.41) is 15.9. The largest absolute Gasteiger partial charge is 0.441 e. The van der Waals surface area contributed by atoms with Gasteiger partial charge >= 0.3 is 0 Å². The maximum Gasteiger partial charge on any atom is 0.272 e. The highest BCUT2D eigenvalue weighted by Gasteiger charge is 2.15. The second kappa shape index (κ2) is 9.06. The fourth-order valence-corrected chi connectivity index (χ4v) is 3.78. The van der Waals surface area contributed by atoms with E-state index >= 15 is 0 Å². The fraction of sp³-hybridized carbons (Fsp3) is 0.136. The second-order valence-electron chi connectivity index (χ2n) is 6.94. The standard InChI is InChI=1S/C22H17FN4O4S/c1-13-6-7-14(10-18(13)27(29)30)17-12-32-22(25-17)26-20(28)8-9-21-24-11-19(31-21)15-4-2-3-5-16(15)23/h2-7,10-12H,8-9H2,1H3,(H,25,26,28). The third-order valence-corrected chi connectivity index (χ3v) is 5.47. The molecule has 32 heavy (non-hydrogen) atoms. The Hall–Kier alpha value is -3.92. The average molecular weight is 452 g/mol. The van der Waals surface area contributed by atoms with E-state index in [1.165, 1.54) is 29.7 Å². The molecule has 4 aromatic rings. The van der Waals surface area contributed by atoms with Crippen molar-refractivity contribution in [2.75, 3.05) is 5.32 Å². The van der Waals surface area contributed by atoms with E-state index in [9.17, 15) is 19.3 Å². The molecule has 0 saturated heterocycles. The van der Waals surface area contributed by atoms with Gasteiger partial charge in [-0.3, -0.25) is 14.9 Å². The number of nitro benzene ring substituents is 1. The highest BCUT2D eigenvalue weighted by atomic mass is 32.1. The summed E-state index contributed by atoms with van der Waals surface area (Å²) in [7, 11) is 0. The minimum Gasteiger partial charge on any atom is -0.441 e. The predicted octanol–water partition coefficient (Wildman–Crippen LogP) is 5.39. The molecule has 1 N–H and O–H groups in total. The molecule has 0 unspecified atom stereocenters. The molecule has 0 aliphatic carbocycles. The van der Waals surface area contributed by atoms with Crippen LogP contribution in [0.25, 0.3) is 22.6 Å². The molecule has 2 heterocycles. The van der Waals surface area contributed by atoms with Crippen LogP contribution >= 0.6 is 11.3 Å². The molecule has 4 rings (SSSR count). The van der Waals surface area contributed by atoms with Gasteiger partial charge < -0.3 is 9.73 Å². The van der Waals surface area contributed by atoms with Crippen LogP contribution in [-0.4, -0.2) is 20.8 Å². The van der Waals surface area contributed by atoms with E-state index in [1.807, 2.05) is 0 Å². The molecule has 2 aromatic heterocycles. The number of anilines is 1. The number of benzene rings is 2. The second-order valence-corrected chi connectivity index (χ2v) is 7.80. The number of nitrogens with one attached hydrogen (secondary N) is 1. The van der Waals surface area contributed by atoms with E-state index < -0.39 is 10.7 Å². The number of halogens is 1. The van der Waals surface area contributed by atoms with Crippen molar-refractivity contribution < 1.29 is 18.5 Å². The van der Waals surface area contributed by atoms with Crippen molar-refractivity contribution in [2.24, 2.45) is 0 Å². The van der Waals surface area contributed by atoms with Gasteiger partial charge in [0.15, 0.2) is 16.8 Å². The Morgan fingerprint density at radius 2 is 2.09 bits per heavy atom. The Bertz CT molecular complexity index is 1300. The first kappa shape index (κ1) is 21.3.